The normalized spacial score (nSPS) is 20.9. The van der Waals surface area contributed by atoms with E-state index < -0.39 is 17.5 Å². The first-order valence-electron chi connectivity index (χ1n) is 9.44. The summed E-state index contributed by atoms with van der Waals surface area (Å²) in [6.07, 6.45) is 0.187. The average Bonchev–Trinajstić information content (AvgIpc) is 3.47. The maximum Gasteiger partial charge on any atom is 0.416 e. The van der Waals surface area contributed by atoms with Gasteiger partial charge >= 0.3 is 6.18 Å². The van der Waals surface area contributed by atoms with Crippen LogP contribution in [0.25, 0.3) is 11.3 Å². The lowest BCUT2D eigenvalue weighted by molar-refractivity contribution is -0.137. The number of alkyl halides is 3. The van der Waals surface area contributed by atoms with Gasteiger partial charge in [0.2, 0.25) is 5.95 Å². The van der Waals surface area contributed by atoms with Crippen LogP contribution in [0, 0.1) is 6.92 Å². The fourth-order valence-electron chi connectivity index (χ4n) is 3.70. The molecule has 1 atom stereocenters. The summed E-state index contributed by atoms with van der Waals surface area (Å²) >= 11 is 0. The topological polar surface area (TPSA) is 74.2 Å². The molecule has 1 aromatic heterocycles. The molecule has 0 bridgehead atoms. The zero-order valence-electron chi connectivity index (χ0n) is 15.5. The fourth-order valence-corrected chi connectivity index (χ4v) is 3.70. The lowest BCUT2D eigenvalue weighted by atomic mass is 10.1. The maximum atomic E-state index is 12.8. The van der Waals surface area contributed by atoms with Crippen LogP contribution in [0.2, 0.25) is 0 Å². The molecule has 2 aromatic rings. The summed E-state index contributed by atoms with van der Waals surface area (Å²) in [6, 6.07) is 3.77. The lowest BCUT2D eigenvalue weighted by Gasteiger charge is -2.33. The highest BCUT2D eigenvalue weighted by molar-refractivity contribution is 5.69. The van der Waals surface area contributed by atoms with Gasteiger partial charge in [0.1, 0.15) is 11.4 Å². The minimum Gasteiger partial charge on any atom is -0.507 e. The van der Waals surface area contributed by atoms with Gasteiger partial charge in [0.25, 0.3) is 0 Å². The van der Waals surface area contributed by atoms with E-state index in [1.807, 2.05) is 0 Å². The molecule has 28 heavy (non-hydrogen) atoms. The molecule has 0 radical (unpaired) electrons. The van der Waals surface area contributed by atoms with Crippen molar-refractivity contribution in [2.75, 3.05) is 18.4 Å². The maximum absolute atomic E-state index is 12.8. The quantitative estimate of drug-likeness (QED) is 0.827. The predicted octanol–water partition coefficient (Wildman–Crippen LogP) is 3.61. The van der Waals surface area contributed by atoms with Crippen LogP contribution in [0.5, 0.6) is 5.75 Å². The van der Waals surface area contributed by atoms with Gasteiger partial charge in [-0.05, 0) is 57.4 Å². The number of likely N-dealkylation sites (tertiary alicyclic amines) is 1. The second-order valence-corrected chi connectivity index (χ2v) is 7.51. The molecule has 6 nitrogen and oxygen atoms in total. The molecule has 1 saturated heterocycles. The van der Waals surface area contributed by atoms with E-state index in [4.69, 9.17) is 0 Å². The van der Waals surface area contributed by atoms with Crippen LogP contribution in [-0.4, -0.2) is 50.4 Å². The molecule has 2 fully saturated rings. The van der Waals surface area contributed by atoms with Crippen molar-refractivity contribution in [3.63, 3.8) is 0 Å². The SMILES string of the molecule is Cc1nc(N[C@@H]2CCCN(C3CC3)C2)nnc1-c1ccc(C(F)(F)F)cc1O. The Bertz CT molecular complexity index is 869. The highest BCUT2D eigenvalue weighted by atomic mass is 19.4. The van der Waals surface area contributed by atoms with E-state index in [1.165, 1.54) is 18.9 Å². The monoisotopic (exact) mass is 393 g/mol. The minimum atomic E-state index is -4.52. The van der Waals surface area contributed by atoms with Crippen LogP contribution in [0.1, 0.15) is 36.9 Å². The number of phenols is 1. The van der Waals surface area contributed by atoms with Gasteiger partial charge < -0.3 is 10.4 Å². The lowest BCUT2D eigenvalue weighted by Crippen LogP contribution is -2.43. The van der Waals surface area contributed by atoms with E-state index in [0.717, 1.165) is 38.0 Å². The van der Waals surface area contributed by atoms with Crippen LogP contribution in [0.3, 0.4) is 0 Å². The number of nitrogens with one attached hydrogen (secondary N) is 1. The van der Waals surface area contributed by atoms with Crippen LogP contribution in [-0.2, 0) is 6.18 Å². The van der Waals surface area contributed by atoms with Crippen LogP contribution in [0.4, 0.5) is 19.1 Å². The molecule has 2 heterocycles. The molecule has 1 saturated carbocycles. The summed E-state index contributed by atoms with van der Waals surface area (Å²) in [4.78, 5) is 6.90. The Morgan fingerprint density at radius 2 is 1.96 bits per heavy atom. The van der Waals surface area contributed by atoms with Crippen molar-refractivity contribution in [1.82, 2.24) is 20.1 Å². The molecule has 150 valence electrons. The van der Waals surface area contributed by atoms with E-state index in [0.29, 0.717) is 17.7 Å². The number of phenolic OH excluding ortho intramolecular Hbond substituents is 1. The van der Waals surface area contributed by atoms with Crippen LogP contribution in [0.15, 0.2) is 18.2 Å². The summed E-state index contributed by atoms with van der Waals surface area (Å²) < 4.78 is 38.3. The molecule has 4 rings (SSSR count). The van der Waals surface area contributed by atoms with Crippen LogP contribution < -0.4 is 5.32 Å². The van der Waals surface area contributed by atoms with Crippen molar-refractivity contribution in [2.45, 2.75) is 50.9 Å². The molecule has 1 aliphatic carbocycles. The average molecular weight is 393 g/mol. The molecule has 2 N–H and O–H groups in total. The van der Waals surface area contributed by atoms with E-state index in [2.05, 4.69) is 25.4 Å². The molecule has 9 heteroatoms. The Balaban J connectivity index is 1.50. The second-order valence-electron chi connectivity index (χ2n) is 7.51. The smallest absolute Gasteiger partial charge is 0.416 e. The minimum absolute atomic E-state index is 0.176. The largest absolute Gasteiger partial charge is 0.507 e. The first kappa shape index (κ1) is 18.9. The summed E-state index contributed by atoms with van der Waals surface area (Å²) in [5.41, 5.74) is 0.0141. The molecule has 1 aromatic carbocycles. The molecule has 0 unspecified atom stereocenters. The Morgan fingerprint density at radius 3 is 2.61 bits per heavy atom. The summed E-state index contributed by atoms with van der Waals surface area (Å²) in [7, 11) is 0. The fraction of sp³-hybridized carbons (Fsp3) is 0.526. The summed E-state index contributed by atoms with van der Waals surface area (Å²) in [5, 5.41) is 21.5. The Hall–Kier alpha value is -2.42. The van der Waals surface area contributed by atoms with E-state index >= 15 is 0 Å². The van der Waals surface area contributed by atoms with Crippen molar-refractivity contribution in [1.29, 1.82) is 0 Å². The van der Waals surface area contributed by atoms with Crippen molar-refractivity contribution < 1.29 is 18.3 Å². The molecular weight excluding hydrogens is 371 g/mol. The molecule has 1 aliphatic heterocycles. The van der Waals surface area contributed by atoms with Crippen molar-refractivity contribution >= 4 is 5.95 Å². The summed E-state index contributed by atoms with van der Waals surface area (Å²) in [5.74, 6) is -0.0996. The first-order chi connectivity index (χ1) is 13.3. The van der Waals surface area contributed by atoms with Gasteiger partial charge in [0, 0.05) is 24.2 Å². The van der Waals surface area contributed by atoms with Crippen LogP contribution >= 0.6 is 0 Å². The van der Waals surface area contributed by atoms with Gasteiger partial charge in [-0.15, -0.1) is 10.2 Å². The van der Waals surface area contributed by atoms with Gasteiger partial charge in [-0.3, -0.25) is 4.90 Å². The number of aromatic nitrogens is 3. The van der Waals surface area contributed by atoms with Gasteiger partial charge in [0.15, 0.2) is 0 Å². The molecule has 0 amide bonds. The van der Waals surface area contributed by atoms with Gasteiger partial charge in [-0.2, -0.15) is 13.2 Å². The third-order valence-corrected chi connectivity index (χ3v) is 5.29. The number of rotatable bonds is 4. The zero-order valence-corrected chi connectivity index (χ0v) is 15.5. The number of piperidine rings is 1. The van der Waals surface area contributed by atoms with Crippen molar-refractivity contribution in [3.05, 3.63) is 29.5 Å². The van der Waals surface area contributed by atoms with E-state index in [-0.39, 0.29) is 17.3 Å². The standard InChI is InChI=1S/C19H22F3N5O/c1-11-17(15-7-4-12(9-16(15)28)19(20,21)22)25-26-18(23-11)24-13-3-2-8-27(10-13)14-5-6-14/h4,7,9,13-14,28H,2-3,5-6,8,10H2,1H3,(H,23,24,26)/t13-/m1/s1. The second kappa shape index (κ2) is 7.20. The number of halogens is 3. The number of aromatic hydroxyl groups is 1. The molecule has 0 spiro atoms. The van der Waals surface area contributed by atoms with Gasteiger partial charge in [-0.1, -0.05) is 0 Å². The highest BCUT2D eigenvalue weighted by Crippen LogP contribution is 2.36. The third kappa shape index (κ3) is 4.04. The number of nitrogens with zero attached hydrogens (tertiary/aromatic N) is 4. The Labute approximate surface area is 160 Å². The molecular formula is C19H22F3N5O. The third-order valence-electron chi connectivity index (χ3n) is 5.29. The zero-order chi connectivity index (χ0) is 19.9. The van der Waals surface area contributed by atoms with Crippen molar-refractivity contribution in [2.24, 2.45) is 0 Å². The van der Waals surface area contributed by atoms with E-state index in [1.54, 1.807) is 6.92 Å². The predicted molar refractivity (Wildman–Crippen MR) is 97.9 cm³/mol. The van der Waals surface area contributed by atoms with Gasteiger partial charge in [-0.25, -0.2) is 4.98 Å². The number of anilines is 1. The number of aryl methyl sites for hydroxylation is 1. The molecule has 2 aliphatic rings. The van der Waals surface area contributed by atoms with E-state index in [9.17, 15) is 18.3 Å². The van der Waals surface area contributed by atoms with Crippen molar-refractivity contribution in [3.8, 4) is 17.0 Å². The first-order valence-corrected chi connectivity index (χ1v) is 9.44. The Kier molecular flexibility index (Phi) is 4.86. The number of benzene rings is 1. The number of hydrogen-bond acceptors (Lipinski definition) is 6. The number of hydrogen-bond donors (Lipinski definition) is 2. The summed E-state index contributed by atoms with van der Waals surface area (Å²) in [6.45, 7) is 3.78. The van der Waals surface area contributed by atoms with Gasteiger partial charge in [0.05, 0.1) is 11.3 Å². The highest BCUT2D eigenvalue weighted by Gasteiger charge is 2.33. The Morgan fingerprint density at radius 1 is 1.18 bits per heavy atom.